The van der Waals surface area contributed by atoms with E-state index in [9.17, 15) is 9.59 Å². The molecule has 0 aliphatic heterocycles. The zero-order valence-electron chi connectivity index (χ0n) is 29.4. The number of hydrogen-bond acceptors (Lipinski definition) is 9. The van der Waals surface area contributed by atoms with Crippen molar-refractivity contribution in [1.29, 1.82) is 0 Å². The van der Waals surface area contributed by atoms with Gasteiger partial charge < -0.3 is 29.3 Å². The lowest BCUT2D eigenvalue weighted by atomic mass is 9.91. The molecule has 13 heteroatoms. The Hall–Kier alpha value is -3.84. The number of ether oxygens (including phenoxy) is 3. The minimum atomic E-state index is -2.05. The van der Waals surface area contributed by atoms with Gasteiger partial charge in [0, 0.05) is 36.9 Å². The van der Waals surface area contributed by atoms with Crippen LogP contribution in [0.5, 0.6) is 11.6 Å². The monoisotopic (exact) mass is 668 g/mol. The summed E-state index contributed by atoms with van der Waals surface area (Å²) in [5.41, 5.74) is 1.28. The van der Waals surface area contributed by atoms with Gasteiger partial charge in [-0.15, -0.1) is 0 Å². The number of hydrogen-bond donors (Lipinski definition) is 3. The fraction of sp³-hybridized carbons (Fsp3) is 0.588. The number of benzene rings is 1. The van der Waals surface area contributed by atoms with Gasteiger partial charge in [0.05, 0.1) is 18.4 Å². The molecule has 0 spiro atoms. The number of fused-ring (bicyclic) bond motifs is 1. The van der Waals surface area contributed by atoms with Gasteiger partial charge >= 0.3 is 12.2 Å². The van der Waals surface area contributed by atoms with Crippen LogP contribution in [0.1, 0.15) is 79.7 Å². The highest BCUT2D eigenvalue weighted by Gasteiger charge is 2.37. The van der Waals surface area contributed by atoms with Gasteiger partial charge in [0.2, 0.25) is 5.88 Å². The van der Waals surface area contributed by atoms with Gasteiger partial charge in [0.15, 0.2) is 14.0 Å². The summed E-state index contributed by atoms with van der Waals surface area (Å²) >= 11 is 0. The van der Waals surface area contributed by atoms with Crippen molar-refractivity contribution >= 4 is 37.7 Å². The highest BCUT2D eigenvalue weighted by Crippen LogP contribution is 2.37. The van der Waals surface area contributed by atoms with Crippen LogP contribution in [0.15, 0.2) is 36.5 Å². The quantitative estimate of drug-likeness (QED) is 0.177. The Bertz CT molecular complexity index is 1500. The van der Waals surface area contributed by atoms with Crippen molar-refractivity contribution in [3.8, 4) is 11.6 Å². The highest BCUT2D eigenvalue weighted by atomic mass is 28.4. The number of carbonyl (C=O) groups excluding carboxylic acids is 2. The molecule has 4 rings (SSSR count). The van der Waals surface area contributed by atoms with Crippen LogP contribution in [-0.4, -0.2) is 66.0 Å². The number of aromatic nitrogens is 3. The first-order valence-corrected chi connectivity index (χ1v) is 19.4. The minimum absolute atomic E-state index is 0.0378. The molecule has 258 valence electrons. The first-order chi connectivity index (χ1) is 22.0. The molecule has 1 aliphatic carbocycles. The molecule has 2 heterocycles. The van der Waals surface area contributed by atoms with Crippen LogP contribution in [0.2, 0.25) is 18.1 Å². The average molecular weight is 669 g/mol. The number of nitrogens with one attached hydrogen (secondary N) is 3. The van der Waals surface area contributed by atoms with Crippen molar-refractivity contribution in [3.63, 3.8) is 0 Å². The molecule has 0 unspecified atom stereocenters. The molecule has 3 aromatic rings. The van der Waals surface area contributed by atoms with E-state index in [2.05, 4.69) is 54.9 Å². The van der Waals surface area contributed by atoms with Crippen molar-refractivity contribution in [1.82, 2.24) is 19.9 Å². The van der Waals surface area contributed by atoms with Crippen molar-refractivity contribution in [3.05, 3.63) is 42.1 Å². The zero-order valence-corrected chi connectivity index (χ0v) is 30.4. The van der Waals surface area contributed by atoms with Gasteiger partial charge in [-0.05, 0) is 95.8 Å². The largest absolute Gasteiger partial charge is 0.494 e. The van der Waals surface area contributed by atoms with Gasteiger partial charge in [0.25, 0.3) is 0 Å². The summed E-state index contributed by atoms with van der Waals surface area (Å²) in [5.74, 6) is 1.63. The first kappa shape index (κ1) is 36.0. The maximum atomic E-state index is 13.3. The second-order valence-corrected chi connectivity index (χ2v) is 19.3. The molecule has 1 saturated carbocycles. The topological polar surface area (TPSA) is 137 Å². The Labute approximate surface area is 279 Å². The molecule has 12 nitrogen and oxygen atoms in total. The van der Waals surface area contributed by atoms with Gasteiger partial charge in [-0.2, -0.15) is 9.61 Å². The summed E-state index contributed by atoms with van der Waals surface area (Å²) < 4.78 is 25.1. The average Bonchev–Trinajstić information content (AvgIpc) is 3.43. The maximum Gasteiger partial charge on any atom is 0.418 e. The fourth-order valence-electron chi connectivity index (χ4n) is 5.10. The molecule has 0 radical (unpaired) electrons. The van der Waals surface area contributed by atoms with E-state index in [0.29, 0.717) is 48.1 Å². The number of alkyl carbamates (subject to hydrolysis) is 1. The summed E-state index contributed by atoms with van der Waals surface area (Å²) in [4.78, 5) is 30.5. The van der Waals surface area contributed by atoms with Crippen LogP contribution in [-0.2, 0) is 15.6 Å². The van der Waals surface area contributed by atoms with E-state index in [0.717, 1.165) is 25.7 Å². The van der Waals surface area contributed by atoms with E-state index in [4.69, 9.17) is 23.6 Å². The van der Waals surface area contributed by atoms with Crippen molar-refractivity contribution < 1.29 is 28.2 Å². The molecule has 1 aliphatic rings. The van der Waals surface area contributed by atoms with E-state index in [1.807, 2.05) is 27.7 Å². The number of rotatable bonds is 11. The van der Waals surface area contributed by atoms with Gasteiger partial charge in [-0.25, -0.2) is 14.6 Å². The Morgan fingerprint density at radius 3 is 2.23 bits per heavy atom. The first-order valence-electron chi connectivity index (χ1n) is 16.5. The Morgan fingerprint density at radius 1 is 0.957 bits per heavy atom. The molecular formula is C34H52N6O6Si. The van der Waals surface area contributed by atoms with E-state index >= 15 is 0 Å². The molecule has 2 aromatic heterocycles. The third-order valence-corrected chi connectivity index (χ3v) is 13.1. The second-order valence-electron chi connectivity index (χ2n) is 14.5. The standard InChI is InChI=1S/C34H52N6O6Si/c1-10-43-26-17-15-25(16-18-26)37-31(41)45-30-27(20-22-44-47(8,9)34(5,6)7)29(39-28-19-21-35-40(28)30)36-23-11-13-24(14-12-23)38-32(42)46-33(2,3)4/h15-19,21,23-24H,10-14,20,22H2,1-9H3,(H,36,39)(H,37,41)(H,38,42). The normalized spacial score (nSPS) is 17.2. The maximum absolute atomic E-state index is 13.3. The predicted molar refractivity (Wildman–Crippen MR) is 186 cm³/mol. The van der Waals surface area contributed by atoms with Crippen LogP contribution < -0.4 is 25.4 Å². The molecule has 0 bridgehead atoms. The number of nitrogens with zero attached hydrogens (tertiary/aromatic N) is 3. The summed E-state index contributed by atoms with van der Waals surface area (Å²) in [6.45, 7) is 19.5. The fourth-order valence-corrected chi connectivity index (χ4v) is 6.15. The molecule has 2 amide bonds. The van der Waals surface area contributed by atoms with Crippen LogP contribution in [0, 0.1) is 0 Å². The molecule has 1 fully saturated rings. The summed E-state index contributed by atoms with van der Waals surface area (Å²) in [6, 6.07) is 9.03. The van der Waals surface area contributed by atoms with Crippen molar-refractivity contribution in [2.75, 3.05) is 23.8 Å². The summed E-state index contributed by atoms with van der Waals surface area (Å²) in [7, 11) is -2.05. The Morgan fingerprint density at radius 2 is 1.62 bits per heavy atom. The van der Waals surface area contributed by atoms with Crippen molar-refractivity contribution in [2.45, 2.75) is 116 Å². The van der Waals surface area contributed by atoms with Crippen LogP contribution in [0.3, 0.4) is 0 Å². The van der Waals surface area contributed by atoms with Crippen LogP contribution >= 0.6 is 0 Å². The molecule has 0 saturated heterocycles. The van der Waals surface area contributed by atoms with Crippen LogP contribution in [0.25, 0.3) is 5.65 Å². The number of anilines is 2. The molecular weight excluding hydrogens is 616 g/mol. The Kier molecular flexibility index (Phi) is 11.4. The highest BCUT2D eigenvalue weighted by molar-refractivity contribution is 6.74. The third-order valence-electron chi connectivity index (χ3n) is 8.60. The van der Waals surface area contributed by atoms with Crippen LogP contribution in [0.4, 0.5) is 21.1 Å². The molecule has 0 atom stereocenters. The Balaban J connectivity index is 1.55. The lowest BCUT2D eigenvalue weighted by molar-refractivity contribution is 0.0492. The lowest BCUT2D eigenvalue weighted by Crippen LogP contribution is -2.42. The van der Waals surface area contributed by atoms with Gasteiger partial charge in [0.1, 0.15) is 17.2 Å². The van der Waals surface area contributed by atoms with E-state index in [-0.39, 0.29) is 23.0 Å². The molecule has 1 aromatic carbocycles. The summed E-state index contributed by atoms with van der Waals surface area (Å²) in [6.07, 6.45) is 4.28. The van der Waals surface area contributed by atoms with E-state index in [1.54, 1.807) is 41.0 Å². The number of carbonyl (C=O) groups is 2. The molecule has 3 N–H and O–H groups in total. The van der Waals surface area contributed by atoms with E-state index < -0.39 is 26.1 Å². The molecule has 47 heavy (non-hydrogen) atoms. The van der Waals surface area contributed by atoms with Gasteiger partial charge in [-0.1, -0.05) is 20.8 Å². The number of amides is 2. The lowest BCUT2D eigenvalue weighted by Gasteiger charge is -2.36. The minimum Gasteiger partial charge on any atom is -0.494 e. The predicted octanol–water partition coefficient (Wildman–Crippen LogP) is 7.55. The second kappa shape index (κ2) is 14.9. The third kappa shape index (κ3) is 10.1. The zero-order chi connectivity index (χ0) is 34.4. The smallest absolute Gasteiger partial charge is 0.418 e. The van der Waals surface area contributed by atoms with E-state index in [1.165, 1.54) is 0 Å². The van der Waals surface area contributed by atoms with Gasteiger partial charge in [-0.3, -0.25) is 5.32 Å². The summed E-state index contributed by atoms with van der Waals surface area (Å²) in [5, 5.41) is 13.9. The SMILES string of the molecule is CCOc1ccc(NC(=O)Oc2c(CCO[Si](C)(C)C(C)(C)C)c(NC3CCC(NC(=O)OC(C)(C)C)CC3)nc3ccnn23)cc1. The van der Waals surface area contributed by atoms with Crippen molar-refractivity contribution in [2.24, 2.45) is 0 Å².